The Morgan fingerprint density at radius 3 is 2.84 bits per heavy atom. The first-order chi connectivity index (χ1) is 9.20. The smallest absolute Gasteiger partial charge is 0.257 e. The topological polar surface area (TPSA) is 64.1 Å². The van der Waals surface area contributed by atoms with Crippen molar-refractivity contribution in [2.45, 2.75) is 13.8 Å². The van der Waals surface area contributed by atoms with Crippen molar-refractivity contribution >= 4 is 11.6 Å². The van der Waals surface area contributed by atoms with Crippen molar-refractivity contribution in [3.63, 3.8) is 0 Å². The first-order valence-corrected chi connectivity index (χ1v) is 6.02. The Morgan fingerprint density at radius 2 is 2.16 bits per heavy atom. The van der Waals surface area contributed by atoms with Crippen LogP contribution in [0.2, 0.25) is 0 Å². The van der Waals surface area contributed by atoms with Crippen LogP contribution in [0.4, 0.5) is 5.69 Å². The summed E-state index contributed by atoms with van der Waals surface area (Å²) in [5.74, 6) is 0.180. The molecule has 0 atom stereocenters. The van der Waals surface area contributed by atoms with Gasteiger partial charge in [-0.1, -0.05) is 0 Å². The van der Waals surface area contributed by atoms with Crippen LogP contribution < -0.4 is 10.1 Å². The predicted molar refractivity (Wildman–Crippen MR) is 72.3 cm³/mol. The van der Waals surface area contributed by atoms with Crippen molar-refractivity contribution in [2.24, 2.45) is 0 Å². The summed E-state index contributed by atoms with van der Waals surface area (Å²) in [6.45, 7) is 4.23. The maximum absolute atomic E-state index is 12.0. The molecule has 0 fully saturated rings. The molecule has 0 saturated carbocycles. The summed E-state index contributed by atoms with van der Waals surface area (Å²) in [4.78, 5) is 20.2. The van der Waals surface area contributed by atoms with E-state index in [1.54, 1.807) is 36.7 Å². The van der Waals surface area contributed by atoms with Crippen LogP contribution in [-0.2, 0) is 0 Å². The van der Waals surface area contributed by atoms with Gasteiger partial charge in [-0.05, 0) is 38.1 Å². The fraction of sp³-hybridized carbons (Fsp3) is 0.214. The molecule has 0 aromatic carbocycles. The number of nitrogens with one attached hydrogen (secondary N) is 1. The zero-order valence-corrected chi connectivity index (χ0v) is 10.9. The molecule has 0 aliphatic carbocycles. The SMILES string of the molecule is CCOc1ncccc1NC(=O)c1ccc(C)nc1. The monoisotopic (exact) mass is 257 g/mol. The molecule has 5 heteroatoms. The molecule has 1 N–H and O–H groups in total. The van der Waals surface area contributed by atoms with E-state index in [-0.39, 0.29) is 5.91 Å². The Balaban J connectivity index is 2.16. The summed E-state index contributed by atoms with van der Waals surface area (Å²) in [5, 5.41) is 2.76. The van der Waals surface area contributed by atoms with E-state index in [0.717, 1.165) is 5.69 Å². The molecule has 0 spiro atoms. The van der Waals surface area contributed by atoms with Gasteiger partial charge in [-0.25, -0.2) is 4.98 Å². The van der Waals surface area contributed by atoms with Crippen LogP contribution in [0.5, 0.6) is 5.88 Å². The molecule has 2 aromatic heterocycles. The number of nitrogens with zero attached hydrogens (tertiary/aromatic N) is 2. The Kier molecular flexibility index (Phi) is 4.07. The fourth-order valence-electron chi connectivity index (χ4n) is 1.53. The summed E-state index contributed by atoms with van der Waals surface area (Å²) < 4.78 is 5.35. The molecule has 1 amide bonds. The van der Waals surface area contributed by atoms with Crippen LogP contribution in [0.15, 0.2) is 36.7 Å². The molecule has 2 aromatic rings. The number of hydrogen-bond acceptors (Lipinski definition) is 4. The Bertz CT molecular complexity index is 567. The van der Waals surface area contributed by atoms with Crippen molar-refractivity contribution in [2.75, 3.05) is 11.9 Å². The highest BCUT2D eigenvalue weighted by Crippen LogP contribution is 2.21. The van der Waals surface area contributed by atoms with Gasteiger partial charge in [0.15, 0.2) is 0 Å². The number of anilines is 1. The maximum Gasteiger partial charge on any atom is 0.257 e. The fourth-order valence-corrected chi connectivity index (χ4v) is 1.53. The van der Waals surface area contributed by atoms with E-state index in [1.165, 1.54) is 0 Å². The molecule has 0 radical (unpaired) electrons. The van der Waals surface area contributed by atoms with Gasteiger partial charge in [0.25, 0.3) is 5.91 Å². The molecule has 0 unspecified atom stereocenters. The van der Waals surface area contributed by atoms with Crippen molar-refractivity contribution in [1.29, 1.82) is 0 Å². The van der Waals surface area contributed by atoms with Crippen LogP contribution in [0.3, 0.4) is 0 Å². The summed E-state index contributed by atoms with van der Waals surface area (Å²) in [6.07, 6.45) is 3.16. The zero-order chi connectivity index (χ0) is 13.7. The van der Waals surface area contributed by atoms with Crippen LogP contribution in [0.25, 0.3) is 0 Å². The summed E-state index contributed by atoms with van der Waals surface area (Å²) >= 11 is 0. The number of ether oxygens (including phenoxy) is 1. The zero-order valence-electron chi connectivity index (χ0n) is 10.9. The Morgan fingerprint density at radius 1 is 1.32 bits per heavy atom. The number of aryl methyl sites for hydroxylation is 1. The minimum absolute atomic E-state index is 0.235. The quantitative estimate of drug-likeness (QED) is 0.913. The summed E-state index contributed by atoms with van der Waals surface area (Å²) in [7, 11) is 0. The lowest BCUT2D eigenvalue weighted by Crippen LogP contribution is -2.13. The second-order valence-electron chi connectivity index (χ2n) is 3.93. The van der Waals surface area contributed by atoms with Gasteiger partial charge in [0.1, 0.15) is 5.69 Å². The van der Waals surface area contributed by atoms with Crippen LogP contribution in [0.1, 0.15) is 23.0 Å². The molecule has 0 bridgehead atoms. The lowest BCUT2D eigenvalue weighted by Gasteiger charge is -2.09. The Labute approximate surface area is 111 Å². The lowest BCUT2D eigenvalue weighted by molar-refractivity contribution is 0.102. The third-order valence-corrected chi connectivity index (χ3v) is 2.47. The summed E-state index contributed by atoms with van der Waals surface area (Å²) in [6, 6.07) is 7.01. The molecule has 5 nitrogen and oxygen atoms in total. The standard InChI is InChI=1S/C14H15N3O2/c1-3-19-14-12(5-4-8-15-14)17-13(18)11-7-6-10(2)16-9-11/h4-9H,3H2,1-2H3,(H,17,18). The number of amides is 1. The normalized spacial score (nSPS) is 10.0. The third kappa shape index (κ3) is 3.28. The minimum Gasteiger partial charge on any atom is -0.476 e. The highest BCUT2D eigenvalue weighted by molar-refractivity contribution is 6.04. The number of rotatable bonds is 4. The Hall–Kier alpha value is -2.43. The van der Waals surface area contributed by atoms with Crippen LogP contribution in [0, 0.1) is 6.92 Å². The highest BCUT2D eigenvalue weighted by atomic mass is 16.5. The van der Waals surface area contributed by atoms with Gasteiger partial charge >= 0.3 is 0 Å². The van der Waals surface area contributed by atoms with Gasteiger partial charge < -0.3 is 10.1 Å². The van der Waals surface area contributed by atoms with Gasteiger partial charge in [0.2, 0.25) is 5.88 Å². The molecule has 19 heavy (non-hydrogen) atoms. The lowest BCUT2D eigenvalue weighted by atomic mass is 10.2. The van der Waals surface area contributed by atoms with Crippen molar-refractivity contribution < 1.29 is 9.53 Å². The third-order valence-electron chi connectivity index (χ3n) is 2.47. The molecule has 0 aliphatic rings. The number of carbonyl (C=O) groups excluding carboxylic acids is 1. The van der Waals surface area contributed by atoms with Gasteiger partial charge in [-0.3, -0.25) is 9.78 Å². The van der Waals surface area contributed by atoms with Crippen LogP contribution >= 0.6 is 0 Å². The second kappa shape index (κ2) is 5.95. The summed E-state index contributed by atoms with van der Waals surface area (Å²) in [5.41, 5.74) is 1.92. The first kappa shape index (κ1) is 13.0. The van der Waals surface area contributed by atoms with Gasteiger partial charge in [-0.2, -0.15) is 0 Å². The average Bonchev–Trinajstić information content (AvgIpc) is 2.42. The number of hydrogen-bond donors (Lipinski definition) is 1. The largest absolute Gasteiger partial charge is 0.476 e. The molecule has 98 valence electrons. The average molecular weight is 257 g/mol. The number of carbonyl (C=O) groups is 1. The molecule has 0 saturated heterocycles. The molecule has 2 rings (SSSR count). The second-order valence-corrected chi connectivity index (χ2v) is 3.93. The highest BCUT2D eigenvalue weighted by Gasteiger charge is 2.10. The van der Waals surface area contributed by atoms with Gasteiger partial charge in [-0.15, -0.1) is 0 Å². The van der Waals surface area contributed by atoms with Crippen molar-refractivity contribution in [3.05, 3.63) is 47.9 Å². The van der Waals surface area contributed by atoms with Crippen molar-refractivity contribution in [1.82, 2.24) is 9.97 Å². The van der Waals surface area contributed by atoms with E-state index in [4.69, 9.17) is 4.74 Å². The molecule has 2 heterocycles. The number of pyridine rings is 2. The molecular weight excluding hydrogens is 242 g/mol. The van der Waals surface area contributed by atoms with E-state index >= 15 is 0 Å². The van der Waals surface area contributed by atoms with Gasteiger partial charge in [0, 0.05) is 18.1 Å². The van der Waals surface area contributed by atoms with Gasteiger partial charge in [0.05, 0.1) is 12.2 Å². The van der Waals surface area contributed by atoms with E-state index in [9.17, 15) is 4.79 Å². The predicted octanol–water partition coefficient (Wildman–Crippen LogP) is 2.44. The molecular formula is C14H15N3O2. The van der Waals surface area contributed by atoms with E-state index in [0.29, 0.717) is 23.7 Å². The molecule has 0 aliphatic heterocycles. The van der Waals surface area contributed by atoms with E-state index < -0.39 is 0 Å². The maximum atomic E-state index is 12.0. The van der Waals surface area contributed by atoms with E-state index in [1.807, 2.05) is 13.8 Å². The van der Waals surface area contributed by atoms with Crippen LogP contribution in [-0.4, -0.2) is 22.5 Å². The van der Waals surface area contributed by atoms with Crippen molar-refractivity contribution in [3.8, 4) is 5.88 Å². The van der Waals surface area contributed by atoms with E-state index in [2.05, 4.69) is 15.3 Å². The minimum atomic E-state index is -0.235. The first-order valence-electron chi connectivity index (χ1n) is 6.02. The number of aromatic nitrogens is 2.